The first-order chi connectivity index (χ1) is 11.0. The maximum atomic E-state index is 4.72. The second-order valence-electron chi connectivity index (χ2n) is 5.77. The molecule has 0 aliphatic carbocycles. The zero-order chi connectivity index (χ0) is 16.8. The first kappa shape index (κ1) is 21.0. The van der Waals surface area contributed by atoms with Gasteiger partial charge in [0.25, 0.3) is 0 Å². The topological polar surface area (TPSA) is 54.2 Å². The lowest BCUT2D eigenvalue weighted by molar-refractivity contribution is 0.708. The molecule has 134 valence electrons. The Morgan fingerprint density at radius 3 is 2.67 bits per heavy atom. The summed E-state index contributed by atoms with van der Waals surface area (Å²) in [7, 11) is 1.97. The third-order valence-corrected chi connectivity index (χ3v) is 5.11. The van der Waals surface area contributed by atoms with Gasteiger partial charge in [0, 0.05) is 42.2 Å². The van der Waals surface area contributed by atoms with Crippen molar-refractivity contribution in [1.82, 2.24) is 20.4 Å². The number of aliphatic imine (C=N–C) groups is 1. The molecule has 0 amide bonds. The monoisotopic (exact) mass is 461 g/mol. The summed E-state index contributed by atoms with van der Waals surface area (Å²) in [5.41, 5.74) is 3.43. The smallest absolute Gasteiger partial charge is 0.191 e. The van der Waals surface area contributed by atoms with Gasteiger partial charge in [-0.15, -0.1) is 35.3 Å². The lowest BCUT2D eigenvalue weighted by Crippen LogP contribution is -2.39. The van der Waals surface area contributed by atoms with Crippen LogP contribution in [0.3, 0.4) is 0 Å². The number of halogens is 1. The normalized spacial score (nSPS) is 12.6. The van der Waals surface area contributed by atoms with Gasteiger partial charge in [-0.3, -0.25) is 4.68 Å². The van der Waals surface area contributed by atoms with E-state index in [1.54, 1.807) is 11.3 Å². The number of thiophene rings is 1. The van der Waals surface area contributed by atoms with E-state index in [2.05, 4.69) is 54.0 Å². The molecule has 2 heterocycles. The quantitative estimate of drug-likeness (QED) is 0.393. The number of nitrogens with zero attached hydrogens (tertiary/aromatic N) is 3. The molecule has 5 nitrogen and oxygen atoms in total. The summed E-state index contributed by atoms with van der Waals surface area (Å²) in [6, 6.07) is 4.28. The van der Waals surface area contributed by atoms with Gasteiger partial charge in [0.1, 0.15) is 0 Å². The van der Waals surface area contributed by atoms with E-state index < -0.39 is 0 Å². The first-order valence-corrected chi connectivity index (χ1v) is 8.95. The maximum Gasteiger partial charge on any atom is 0.191 e. The molecule has 24 heavy (non-hydrogen) atoms. The Morgan fingerprint density at radius 2 is 2.12 bits per heavy atom. The number of hydrogen-bond acceptors (Lipinski definition) is 3. The minimum absolute atomic E-state index is 0. The molecule has 1 atom stereocenters. The van der Waals surface area contributed by atoms with Gasteiger partial charge in [-0.05, 0) is 32.2 Å². The Hall–Kier alpha value is -1.09. The van der Waals surface area contributed by atoms with Crippen LogP contribution in [0.15, 0.2) is 22.5 Å². The number of hydrogen-bond donors (Lipinski definition) is 2. The Labute approximate surface area is 166 Å². The van der Waals surface area contributed by atoms with E-state index in [9.17, 15) is 0 Å². The molecule has 0 fully saturated rings. The molecular formula is C17H28IN5S. The van der Waals surface area contributed by atoms with Gasteiger partial charge >= 0.3 is 0 Å². The van der Waals surface area contributed by atoms with Crippen molar-refractivity contribution in [2.75, 3.05) is 13.1 Å². The van der Waals surface area contributed by atoms with Crippen molar-refractivity contribution in [2.45, 2.75) is 40.2 Å². The van der Waals surface area contributed by atoms with Crippen molar-refractivity contribution in [2.24, 2.45) is 12.0 Å². The molecule has 0 aromatic carbocycles. The Bertz CT molecular complexity index is 648. The maximum absolute atomic E-state index is 4.72. The van der Waals surface area contributed by atoms with Crippen LogP contribution in [-0.2, 0) is 13.6 Å². The van der Waals surface area contributed by atoms with E-state index in [1.165, 1.54) is 16.1 Å². The molecule has 0 saturated heterocycles. The van der Waals surface area contributed by atoms with E-state index in [4.69, 9.17) is 4.99 Å². The lowest BCUT2D eigenvalue weighted by atomic mass is 10.1. The predicted octanol–water partition coefficient (Wildman–Crippen LogP) is 3.58. The van der Waals surface area contributed by atoms with Gasteiger partial charge in [0.15, 0.2) is 5.96 Å². The van der Waals surface area contributed by atoms with Crippen LogP contribution in [-0.4, -0.2) is 28.8 Å². The van der Waals surface area contributed by atoms with Gasteiger partial charge in [-0.1, -0.05) is 13.0 Å². The molecule has 0 radical (unpaired) electrons. The van der Waals surface area contributed by atoms with Gasteiger partial charge < -0.3 is 10.6 Å². The predicted molar refractivity (Wildman–Crippen MR) is 114 cm³/mol. The fourth-order valence-corrected chi connectivity index (χ4v) is 3.26. The van der Waals surface area contributed by atoms with Crippen molar-refractivity contribution >= 4 is 41.3 Å². The number of guanidine groups is 1. The molecule has 2 aromatic heterocycles. The molecular weight excluding hydrogens is 433 g/mol. The molecule has 0 saturated carbocycles. The lowest BCUT2D eigenvalue weighted by Gasteiger charge is -2.15. The largest absolute Gasteiger partial charge is 0.357 e. The van der Waals surface area contributed by atoms with E-state index in [0.717, 1.165) is 24.7 Å². The average molecular weight is 461 g/mol. The molecule has 2 N–H and O–H groups in total. The summed E-state index contributed by atoms with van der Waals surface area (Å²) >= 11 is 1.80. The minimum atomic E-state index is 0. The molecule has 7 heteroatoms. The third kappa shape index (κ3) is 5.47. The SMILES string of the molecule is CCNC(=NCc1c(C)nn(C)c1C)NCC(C)c1cccs1.I. The number of aromatic nitrogens is 2. The van der Waals surface area contributed by atoms with Crippen LogP contribution in [0.5, 0.6) is 0 Å². The van der Waals surface area contributed by atoms with Crippen molar-refractivity contribution in [3.8, 4) is 0 Å². The molecule has 2 aromatic rings. The number of rotatable bonds is 6. The van der Waals surface area contributed by atoms with Crippen LogP contribution in [0.2, 0.25) is 0 Å². The van der Waals surface area contributed by atoms with Gasteiger partial charge in [0.05, 0.1) is 12.2 Å². The van der Waals surface area contributed by atoms with E-state index >= 15 is 0 Å². The van der Waals surface area contributed by atoms with Crippen LogP contribution in [0.4, 0.5) is 0 Å². The van der Waals surface area contributed by atoms with Crippen LogP contribution in [0.25, 0.3) is 0 Å². The van der Waals surface area contributed by atoms with Crippen LogP contribution >= 0.6 is 35.3 Å². The summed E-state index contributed by atoms with van der Waals surface area (Å²) in [6.45, 7) is 10.8. The Balaban J connectivity index is 0.00000288. The highest BCUT2D eigenvalue weighted by molar-refractivity contribution is 14.0. The highest BCUT2D eigenvalue weighted by atomic mass is 127. The zero-order valence-corrected chi connectivity index (χ0v) is 18.2. The second-order valence-corrected chi connectivity index (χ2v) is 6.74. The van der Waals surface area contributed by atoms with Crippen LogP contribution < -0.4 is 10.6 Å². The molecule has 0 aliphatic rings. The molecule has 0 spiro atoms. The van der Waals surface area contributed by atoms with Crippen LogP contribution in [0.1, 0.15) is 41.6 Å². The molecule has 1 unspecified atom stereocenters. The fraction of sp³-hybridized carbons (Fsp3) is 0.529. The van der Waals surface area contributed by atoms with E-state index in [-0.39, 0.29) is 24.0 Å². The van der Waals surface area contributed by atoms with Crippen molar-refractivity contribution in [1.29, 1.82) is 0 Å². The van der Waals surface area contributed by atoms with Crippen molar-refractivity contribution < 1.29 is 0 Å². The highest BCUT2D eigenvalue weighted by Crippen LogP contribution is 2.19. The summed E-state index contributed by atoms with van der Waals surface area (Å²) < 4.78 is 1.92. The standard InChI is InChI=1S/C17H27N5S.HI/c1-6-18-17(19-10-12(2)16-8-7-9-23-16)20-11-15-13(3)21-22(5)14(15)4;/h7-9,12H,6,10-11H2,1-5H3,(H2,18,19,20);1H. The van der Waals surface area contributed by atoms with Gasteiger partial charge in [0.2, 0.25) is 0 Å². The minimum Gasteiger partial charge on any atom is -0.357 e. The van der Waals surface area contributed by atoms with E-state index in [1.807, 2.05) is 18.7 Å². The summed E-state index contributed by atoms with van der Waals surface area (Å²) in [5.74, 6) is 1.33. The van der Waals surface area contributed by atoms with Gasteiger partial charge in [-0.2, -0.15) is 5.10 Å². The zero-order valence-electron chi connectivity index (χ0n) is 15.1. The van der Waals surface area contributed by atoms with Crippen molar-refractivity contribution in [3.05, 3.63) is 39.3 Å². The fourth-order valence-electron chi connectivity index (χ4n) is 2.47. The van der Waals surface area contributed by atoms with Gasteiger partial charge in [-0.25, -0.2) is 4.99 Å². The second kappa shape index (κ2) is 10.0. The van der Waals surface area contributed by atoms with Crippen molar-refractivity contribution in [3.63, 3.8) is 0 Å². The first-order valence-electron chi connectivity index (χ1n) is 8.07. The summed E-state index contributed by atoms with van der Waals surface area (Å²) in [6.07, 6.45) is 0. The summed E-state index contributed by atoms with van der Waals surface area (Å²) in [4.78, 5) is 6.11. The molecule has 0 aliphatic heterocycles. The molecule has 2 rings (SSSR count). The molecule has 0 bridgehead atoms. The van der Waals surface area contributed by atoms with E-state index in [0.29, 0.717) is 12.5 Å². The third-order valence-electron chi connectivity index (χ3n) is 4.00. The average Bonchev–Trinajstić information content (AvgIpc) is 3.13. The summed E-state index contributed by atoms with van der Waals surface area (Å²) in [5, 5.41) is 13.3. The van der Waals surface area contributed by atoms with Crippen LogP contribution in [0, 0.1) is 13.8 Å². The number of nitrogens with one attached hydrogen (secondary N) is 2. The Morgan fingerprint density at radius 1 is 1.38 bits per heavy atom. The highest BCUT2D eigenvalue weighted by Gasteiger charge is 2.10. The Kier molecular flexibility index (Phi) is 8.75. The number of aryl methyl sites for hydroxylation is 2.